The lowest BCUT2D eigenvalue weighted by Gasteiger charge is -2.28. The SMILES string of the molecule is FC(F)(F)c1cccc([P+](c2ccccc2)(c2ccccc2)c2ccccc2)c1. The van der Waals surface area contributed by atoms with E-state index in [-0.39, 0.29) is 0 Å². The number of hydrogen-bond acceptors (Lipinski definition) is 0. The van der Waals surface area contributed by atoms with Crippen LogP contribution in [0.25, 0.3) is 0 Å². The van der Waals surface area contributed by atoms with Crippen molar-refractivity contribution < 1.29 is 13.2 Å². The second-order valence-corrected chi connectivity index (χ2v) is 10.1. The van der Waals surface area contributed by atoms with E-state index in [1.165, 1.54) is 12.1 Å². The van der Waals surface area contributed by atoms with Crippen molar-refractivity contribution >= 4 is 28.5 Å². The largest absolute Gasteiger partial charge is 0.416 e. The minimum atomic E-state index is -4.39. The topological polar surface area (TPSA) is 0 Å². The van der Waals surface area contributed by atoms with Crippen molar-refractivity contribution in [2.45, 2.75) is 6.18 Å². The molecular formula is C25H19F3P+. The Kier molecular flexibility index (Phi) is 5.25. The van der Waals surface area contributed by atoms with Gasteiger partial charge in [0, 0.05) is 0 Å². The van der Waals surface area contributed by atoms with Crippen LogP contribution in [-0.4, -0.2) is 0 Å². The normalized spacial score (nSPS) is 12.0. The molecule has 0 spiro atoms. The zero-order valence-corrected chi connectivity index (χ0v) is 16.4. The average Bonchev–Trinajstić information content (AvgIpc) is 2.76. The van der Waals surface area contributed by atoms with Crippen LogP contribution in [0.5, 0.6) is 0 Å². The second-order valence-electron chi connectivity index (χ2n) is 6.73. The summed E-state index contributed by atoms with van der Waals surface area (Å²) >= 11 is 0. The highest BCUT2D eigenvalue weighted by molar-refractivity contribution is 8.01. The molecule has 0 heterocycles. The fourth-order valence-corrected chi connectivity index (χ4v) is 8.03. The van der Waals surface area contributed by atoms with Gasteiger partial charge in [-0.3, -0.25) is 0 Å². The van der Waals surface area contributed by atoms with Gasteiger partial charge in [0.25, 0.3) is 0 Å². The van der Waals surface area contributed by atoms with Gasteiger partial charge in [-0.2, -0.15) is 13.2 Å². The molecule has 4 aromatic carbocycles. The summed E-state index contributed by atoms with van der Waals surface area (Å²) in [6.07, 6.45) is -4.39. The molecule has 4 rings (SSSR count). The molecule has 0 bridgehead atoms. The molecular weight excluding hydrogens is 388 g/mol. The second kappa shape index (κ2) is 7.85. The Bertz CT molecular complexity index is 978. The highest BCUT2D eigenvalue weighted by Gasteiger charge is 2.48. The monoisotopic (exact) mass is 407 g/mol. The molecule has 0 aliphatic rings. The van der Waals surface area contributed by atoms with E-state index in [9.17, 15) is 13.2 Å². The summed E-state index contributed by atoms with van der Waals surface area (Å²) < 4.78 is 40.7. The van der Waals surface area contributed by atoms with Gasteiger partial charge in [0.05, 0.1) is 5.56 Å². The Morgan fingerprint density at radius 2 is 0.828 bits per heavy atom. The molecule has 0 nitrogen and oxygen atoms in total. The predicted octanol–water partition coefficient (Wildman–Crippen LogP) is 5.32. The summed E-state index contributed by atoms with van der Waals surface area (Å²) in [4.78, 5) is 0. The number of benzene rings is 4. The summed E-state index contributed by atoms with van der Waals surface area (Å²) in [6, 6.07) is 35.4. The number of alkyl halides is 3. The quantitative estimate of drug-likeness (QED) is 0.402. The van der Waals surface area contributed by atoms with Gasteiger partial charge < -0.3 is 0 Å². The van der Waals surface area contributed by atoms with Gasteiger partial charge in [-0.05, 0) is 54.6 Å². The molecule has 0 saturated heterocycles. The van der Waals surface area contributed by atoms with Crippen LogP contribution in [0.4, 0.5) is 13.2 Å². The third kappa shape index (κ3) is 3.59. The summed E-state index contributed by atoms with van der Waals surface area (Å²) in [5, 5.41) is 3.76. The maximum Gasteiger partial charge on any atom is 0.416 e. The lowest BCUT2D eigenvalue weighted by molar-refractivity contribution is -0.137. The van der Waals surface area contributed by atoms with E-state index in [0.717, 1.165) is 22.0 Å². The molecule has 0 radical (unpaired) electrons. The zero-order valence-electron chi connectivity index (χ0n) is 15.6. The van der Waals surface area contributed by atoms with E-state index >= 15 is 0 Å². The Labute approximate surface area is 169 Å². The van der Waals surface area contributed by atoms with Crippen molar-refractivity contribution in [3.63, 3.8) is 0 Å². The van der Waals surface area contributed by atoms with Crippen LogP contribution in [0, 0.1) is 0 Å². The standard InChI is InChI=1S/C25H19F3P/c26-25(27,28)20-11-10-18-24(19-20)29(21-12-4-1-5-13-21,22-14-6-2-7-15-22)23-16-8-3-9-17-23/h1-19H/q+1. The zero-order chi connectivity index (χ0) is 20.3. The van der Waals surface area contributed by atoms with E-state index in [0.29, 0.717) is 5.30 Å². The number of rotatable bonds is 4. The lowest BCUT2D eigenvalue weighted by atomic mass is 10.2. The highest BCUT2D eigenvalue weighted by atomic mass is 31.2. The number of halogens is 3. The maximum atomic E-state index is 13.6. The molecule has 144 valence electrons. The Morgan fingerprint density at radius 1 is 0.448 bits per heavy atom. The molecule has 0 fully saturated rings. The molecule has 4 heteroatoms. The van der Waals surface area contributed by atoms with Crippen molar-refractivity contribution in [2.24, 2.45) is 0 Å². The van der Waals surface area contributed by atoms with E-state index in [2.05, 4.69) is 0 Å². The van der Waals surface area contributed by atoms with E-state index < -0.39 is 19.0 Å². The first-order chi connectivity index (χ1) is 14.0. The van der Waals surface area contributed by atoms with Crippen molar-refractivity contribution in [3.05, 3.63) is 121 Å². The lowest BCUT2D eigenvalue weighted by Crippen LogP contribution is -2.38. The fourth-order valence-electron chi connectivity index (χ4n) is 3.74. The average molecular weight is 407 g/mol. The van der Waals surface area contributed by atoms with Crippen molar-refractivity contribution in [2.75, 3.05) is 0 Å². The van der Waals surface area contributed by atoms with Crippen LogP contribution in [-0.2, 0) is 6.18 Å². The van der Waals surface area contributed by atoms with Crippen LogP contribution in [0.15, 0.2) is 115 Å². The third-order valence-corrected chi connectivity index (χ3v) is 9.26. The fraction of sp³-hybridized carbons (Fsp3) is 0.0400. The van der Waals surface area contributed by atoms with Gasteiger partial charge in [-0.1, -0.05) is 60.7 Å². The van der Waals surface area contributed by atoms with Gasteiger partial charge >= 0.3 is 6.18 Å². The van der Waals surface area contributed by atoms with Crippen molar-refractivity contribution in [1.82, 2.24) is 0 Å². The first-order valence-corrected chi connectivity index (χ1v) is 11.1. The molecule has 29 heavy (non-hydrogen) atoms. The van der Waals surface area contributed by atoms with Crippen LogP contribution in [0.3, 0.4) is 0 Å². The summed E-state index contributed by atoms with van der Waals surface area (Å²) in [5.41, 5.74) is -0.623. The molecule has 0 atom stereocenters. The molecule has 0 aliphatic heterocycles. The Balaban J connectivity index is 2.12. The first-order valence-electron chi connectivity index (χ1n) is 9.26. The molecule has 0 unspecified atom stereocenters. The van der Waals surface area contributed by atoms with Crippen molar-refractivity contribution in [1.29, 1.82) is 0 Å². The minimum Gasteiger partial charge on any atom is -0.166 e. The minimum absolute atomic E-state index is 0.623. The van der Waals surface area contributed by atoms with E-state index in [4.69, 9.17) is 0 Å². The molecule has 0 saturated carbocycles. The highest BCUT2D eigenvalue weighted by Crippen LogP contribution is 2.54. The molecule has 0 amide bonds. The Morgan fingerprint density at radius 3 is 1.21 bits per heavy atom. The van der Waals surface area contributed by atoms with Crippen LogP contribution in [0.1, 0.15) is 5.56 Å². The van der Waals surface area contributed by atoms with Crippen LogP contribution < -0.4 is 21.2 Å². The maximum absolute atomic E-state index is 13.6. The van der Waals surface area contributed by atoms with E-state index in [1.54, 1.807) is 0 Å². The molecule has 4 aromatic rings. The third-order valence-electron chi connectivity index (χ3n) is 4.99. The Hall–Kier alpha value is -2.90. The van der Waals surface area contributed by atoms with Crippen LogP contribution >= 0.6 is 7.26 Å². The molecule has 0 aromatic heterocycles. The number of hydrogen-bond donors (Lipinski definition) is 0. The summed E-state index contributed by atoms with van der Waals surface area (Å²) in [5.74, 6) is 0. The van der Waals surface area contributed by atoms with Gasteiger partial charge in [0.15, 0.2) is 0 Å². The molecule has 0 aliphatic carbocycles. The van der Waals surface area contributed by atoms with Crippen LogP contribution in [0.2, 0.25) is 0 Å². The first kappa shape index (κ1) is 19.4. The molecule has 0 N–H and O–H groups in total. The summed E-state index contributed by atoms with van der Waals surface area (Å²) in [7, 11) is -2.50. The summed E-state index contributed by atoms with van der Waals surface area (Å²) in [6.45, 7) is 0. The van der Waals surface area contributed by atoms with Gasteiger partial charge in [0.1, 0.15) is 28.5 Å². The predicted molar refractivity (Wildman–Crippen MR) is 116 cm³/mol. The van der Waals surface area contributed by atoms with Gasteiger partial charge in [-0.25, -0.2) is 0 Å². The smallest absolute Gasteiger partial charge is 0.166 e. The van der Waals surface area contributed by atoms with Crippen molar-refractivity contribution in [3.8, 4) is 0 Å². The van der Waals surface area contributed by atoms with Gasteiger partial charge in [0.2, 0.25) is 0 Å². The van der Waals surface area contributed by atoms with E-state index in [1.807, 2.05) is 97.1 Å². The van der Waals surface area contributed by atoms with Gasteiger partial charge in [-0.15, -0.1) is 0 Å².